The molecule has 3 aliphatic heterocycles. The van der Waals surface area contributed by atoms with Crippen LogP contribution in [0.25, 0.3) is 10.4 Å². The summed E-state index contributed by atoms with van der Waals surface area (Å²) >= 11 is 0. The van der Waals surface area contributed by atoms with Crippen LogP contribution in [0.4, 0.5) is 0 Å². The monoisotopic (exact) mass is 649 g/mol. The molecule has 0 aliphatic carbocycles. The van der Waals surface area contributed by atoms with E-state index >= 15 is 0 Å². The third kappa shape index (κ3) is 11.9. The molecule has 0 aromatic heterocycles. The molecule has 0 saturated carbocycles. The maximum atomic E-state index is 11.8. The topological polar surface area (TPSA) is 138 Å². The zero-order valence-corrected chi connectivity index (χ0v) is 27.3. The molecule has 252 valence electrons. The number of fused-ring (bicyclic) bond motifs is 4. The number of nitrogens with zero attached hydrogens (tertiary/aromatic N) is 3. The van der Waals surface area contributed by atoms with E-state index in [4.69, 9.17) is 32.8 Å². The smallest absolute Gasteiger partial charge is 0.381 e. The Morgan fingerprint density at radius 2 is 1.51 bits per heavy atom. The normalized spacial score (nSPS) is 27.1. The van der Waals surface area contributed by atoms with Crippen LogP contribution in [-0.2, 0) is 44.3 Å². The average molecular weight is 650 g/mol. The van der Waals surface area contributed by atoms with Crippen LogP contribution in [0.5, 0.6) is 0 Å². The number of rotatable bonds is 24. The predicted molar refractivity (Wildman–Crippen MR) is 170 cm³/mol. The molecule has 2 bridgehead atoms. The number of hydrogen-bond donors (Lipinski definition) is 0. The molecule has 4 rings (SSSR count). The van der Waals surface area contributed by atoms with Gasteiger partial charge in [-0.2, -0.15) is 8.42 Å². The Bertz CT molecular complexity index is 1170. The molecule has 1 aromatic carbocycles. The van der Waals surface area contributed by atoms with Crippen molar-refractivity contribution in [3.63, 3.8) is 0 Å². The molecule has 6 atom stereocenters. The highest BCUT2D eigenvalue weighted by molar-refractivity contribution is 7.82. The van der Waals surface area contributed by atoms with Gasteiger partial charge < -0.3 is 18.9 Å². The molecule has 45 heavy (non-hydrogen) atoms. The fraction of sp³-hybridized carbons (Fsp3) is 0.758. The molecule has 3 aliphatic rings. The Balaban J connectivity index is 0.917. The van der Waals surface area contributed by atoms with E-state index in [1.54, 1.807) is 6.08 Å². The van der Waals surface area contributed by atoms with Crippen LogP contribution < -0.4 is 0 Å². The molecular formula is C33H51N3O8S. The quantitative estimate of drug-likeness (QED) is 0.0370. The summed E-state index contributed by atoms with van der Waals surface area (Å²) in [5.74, 6) is -0.810. The Morgan fingerprint density at radius 3 is 2.16 bits per heavy atom. The lowest BCUT2D eigenvalue weighted by Crippen LogP contribution is -2.48. The molecule has 0 unspecified atom stereocenters. The van der Waals surface area contributed by atoms with Crippen molar-refractivity contribution < 1.29 is 35.7 Å². The summed E-state index contributed by atoms with van der Waals surface area (Å²) in [5, 5.41) is 3.80. The first-order valence-electron chi connectivity index (χ1n) is 16.8. The zero-order valence-electron chi connectivity index (χ0n) is 26.5. The van der Waals surface area contributed by atoms with E-state index in [0.717, 1.165) is 31.2 Å². The van der Waals surface area contributed by atoms with Crippen LogP contribution in [0, 0.1) is 0 Å². The summed E-state index contributed by atoms with van der Waals surface area (Å²) in [7, 11) is -3.96. The molecule has 11 nitrogen and oxygen atoms in total. The second-order valence-corrected chi connectivity index (χ2v) is 13.6. The van der Waals surface area contributed by atoms with Gasteiger partial charge in [0.1, 0.15) is 24.4 Å². The van der Waals surface area contributed by atoms with Crippen molar-refractivity contribution >= 4 is 10.4 Å². The molecule has 12 heteroatoms. The van der Waals surface area contributed by atoms with Gasteiger partial charge in [-0.1, -0.05) is 112 Å². The zero-order chi connectivity index (χ0) is 31.8. The highest BCUT2D eigenvalue weighted by Crippen LogP contribution is 2.48. The minimum absolute atomic E-state index is 0.305. The molecule has 0 radical (unpaired) electrons. The van der Waals surface area contributed by atoms with E-state index in [2.05, 4.69) is 16.6 Å². The molecule has 3 fully saturated rings. The standard InChI is InChI=1S/C33H51N3O8S/c1-2-29-31-32-30(43-45(37,38)44-32)23-33(41-29,42-31)21-17-12-10-8-6-4-3-5-7-9-11-13-18-22-39-25-28(35-36-34)26-40-24-27-19-15-14-16-20-27/h2,14-16,19-20,28-32H,1,3-13,17-18,21-26H2/t28-,29+,30-,31-,32+,33-/m0/s1. The lowest BCUT2D eigenvalue weighted by atomic mass is 9.93. The Hall–Kier alpha value is -2.02. The summed E-state index contributed by atoms with van der Waals surface area (Å²) in [5.41, 5.74) is 9.90. The van der Waals surface area contributed by atoms with Crippen LogP contribution in [0.3, 0.4) is 0 Å². The Morgan fingerprint density at radius 1 is 0.889 bits per heavy atom. The average Bonchev–Trinajstić information content (AvgIpc) is 3.52. The van der Waals surface area contributed by atoms with E-state index in [1.165, 1.54) is 57.8 Å². The van der Waals surface area contributed by atoms with Gasteiger partial charge in [-0.3, -0.25) is 0 Å². The largest absolute Gasteiger partial charge is 0.400 e. The van der Waals surface area contributed by atoms with Crippen LogP contribution in [-0.4, -0.2) is 64.5 Å². The van der Waals surface area contributed by atoms with Gasteiger partial charge >= 0.3 is 10.4 Å². The van der Waals surface area contributed by atoms with Gasteiger partial charge in [0.2, 0.25) is 0 Å². The molecule has 0 N–H and O–H groups in total. The van der Waals surface area contributed by atoms with Crippen molar-refractivity contribution in [1.82, 2.24) is 0 Å². The number of ether oxygens (including phenoxy) is 4. The number of benzene rings is 1. The second kappa shape index (κ2) is 19.0. The van der Waals surface area contributed by atoms with Crippen molar-refractivity contribution in [2.24, 2.45) is 5.11 Å². The molecule has 1 aromatic rings. The number of unbranched alkanes of at least 4 members (excludes halogenated alkanes) is 12. The molecule has 0 spiro atoms. The van der Waals surface area contributed by atoms with Crippen molar-refractivity contribution in [2.45, 2.75) is 139 Å². The van der Waals surface area contributed by atoms with Crippen molar-refractivity contribution in [2.75, 3.05) is 19.8 Å². The Labute approximate surface area is 268 Å². The highest BCUT2D eigenvalue weighted by Gasteiger charge is 2.62. The van der Waals surface area contributed by atoms with Crippen LogP contribution in [0.2, 0.25) is 0 Å². The lowest BCUT2D eigenvalue weighted by molar-refractivity contribution is -0.223. The van der Waals surface area contributed by atoms with E-state index in [-0.39, 0.29) is 6.04 Å². The first kappa shape index (κ1) is 35.8. The SMILES string of the molecule is C=C[C@H]1O[C@]2(CCCCCCCCCCCCCCCOC[C@@H](COCc3ccccc3)N=[N+]=[N-])C[C@@H]3OS(=O)(=O)O[C@H]3[C@H]1O2. The summed E-state index contributed by atoms with van der Waals surface area (Å²) in [6.07, 6.45) is 16.2. The van der Waals surface area contributed by atoms with Crippen LogP contribution in [0.15, 0.2) is 48.1 Å². The first-order chi connectivity index (χ1) is 21.9. The third-order valence-electron chi connectivity index (χ3n) is 8.72. The number of azide groups is 1. The highest BCUT2D eigenvalue weighted by atomic mass is 32.3. The summed E-state index contributed by atoms with van der Waals surface area (Å²) in [6, 6.07) is 9.63. The molecule has 3 saturated heterocycles. The van der Waals surface area contributed by atoms with E-state index < -0.39 is 40.6 Å². The second-order valence-electron chi connectivity index (χ2n) is 12.4. The van der Waals surface area contributed by atoms with Gasteiger partial charge in [0.05, 0.1) is 25.9 Å². The Kier molecular flexibility index (Phi) is 15.1. The molecule has 3 heterocycles. The van der Waals surface area contributed by atoms with Crippen molar-refractivity contribution in [3.8, 4) is 0 Å². The van der Waals surface area contributed by atoms with Gasteiger partial charge in [0, 0.05) is 24.4 Å². The van der Waals surface area contributed by atoms with Crippen LogP contribution >= 0.6 is 0 Å². The maximum absolute atomic E-state index is 11.8. The fourth-order valence-electron chi connectivity index (χ4n) is 6.40. The van der Waals surface area contributed by atoms with Gasteiger partial charge in [0.15, 0.2) is 5.79 Å². The van der Waals surface area contributed by atoms with Gasteiger partial charge in [-0.25, -0.2) is 8.37 Å². The fourth-order valence-corrected chi connectivity index (χ4v) is 7.43. The minimum atomic E-state index is -3.96. The first-order valence-corrected chi connectivity index (χ1v) is 18.1. The van der Waals surface area contributed by atoms with Crippen LogP contribution in [0.1, 0.15) is 102 Å². The lowest BCUT2D eigenvalue weighted by Gasteiger charge is -2.35. The van der Waals surface area contributed by atoms with E-state index in [1.807, 2.05) is 30.3 Å². The van der Waals surface area contributed by atoms with Gasteiger partial charge in [0.25, 0.3) is 0 Å². The third-order valence-corrected chi connectivity index (χ3v) is 9.66. The molecular weight excluding hydrogens is 598 g/mol. The number of hydrogen-bond acceptors (Lipinski definition) is 9. The van der Waals surface area contributed by atoms with Gasteiger partial charge in [-0.15, -0.1) is 6.58 Å². The summed E-state index contributed by atoms with van der Waals surface area (Å²) < 4.78 is 57.6. The molecule has 0 amide bonds. The van der Waals surface area contributed by atoms with E-state index in [0.29, 0.717) is 39.3 Å². The maximum Gasteiger partial charge on any atom is 0.400 e. The summed E-state index contributed by atoms with van der Waals surface area (Å²) in [6.45, 7) is 5.74. The minimum Gasteiger partial charge on any atom is -0.381 e. The predicted octanol–water partition coefficient (Wildman–Crippen LogP) is 7.46. The summed E-state index contributed by atoms with van der Waals surface area (Å²) in [4.78, 5) is 2.93. The van der Waals surface area contributed by atoms with Gasteiger partial charge in [-0.05, 0) is 23.9 Å². The van der Waals surface area contributed by atoms with Crippen molar-refractivity contribution in [1.29, 1.82) is 0 Å². The van der Waals surface area contributed by atoms with E-state index in [9.17, 15) is 8.42 Å². The van der Waals surface area contributed by atoms with Crippen molar-refractivity contribution in [3.05, 3.63) is 59.0 Å².